The molecule has 0 spiro atoms. The van der Waals surface area contributed by atoms with Gasteiger partial charge in [0, 0.05) is 39.8 Å². The monoisotopic (exact) mass is 282 g/mol. The van der Waals surface area contributed by atoms with Gasteiger partial charge in [-0.15, -0.1) is 0 Å². The van der Waals surface area contributed by atoms with Crippen LogP contribution in [0.4, 0.5) is 11.6 Å². The predicted molar refractivity (Wildman–Crippen MR) is 81.5 cm³/mol. The number of anilines is 2. The van der Waals surface area contributed by atoms with Gasteiger partial charge in [-0.2, -0.15) is 0 Å². The molecule has 6 heteroatoms. The smallest absolute Gasteiger partial charge is 0.134 e. The molecule has 1 unspecified atom stereocenters. The van der Waals surface area contributed by atoms with Crippen LogP contribution in [-0.2, 0) is 15.9 Å². The number of nitrogens with one attached hydrogen (secondary N) is 2. The van der Waals surface area contributed by atoms with Crippen LogP contribution in [0, 0.1) is 6.92 Å². The molecule has 0 radical (unpaired) electrons. The SMILES string of the molecule is CCCc1nc(NC)c(C)c(NCC(COC)OC)n1. The fourth-order valence-electron chi connectivity index (χ4n) is 1.92. The van der Waals surface area contributed by atoms with Crippen molar-refractivity contribution in [2.45, 2.75) is 32.8 Å². The van der Waals surface area contributed by atoms with Gasteiger partial charge in [-0.3, -0.25) is 0 Å². The zero-order valence-electron chi connectivity index (χ0n) is 13.1. The quantitative estimate of drug-likeness (QED) is 0.720. The molecule has 6 nitrogen and oxygen atoms in total. The van der Waals surface area contributed by atoms with Crippen LogP contribution in [0.15, 0.2) is 0 Å². The van der Waals surface area contributed by atoms with Gasteiger partial charge >= 0.3 is 0 Å². The molecule has 0 saturated carbocycles. The Morgan fingerprint density at radius 1 is 1.20 bits per heavy atom. The van der Waals surface area contributed by atoms with Crippen molar-refractivity contribution in [2.75, 3.05) is 45.1 Å². The molecule has 0 amide bonds. The number of methoxy groups -OCH3 is 2. The first-order valence-corrected chi connectivity index (χ1v) is 6.97. The molecule has 1 aromatic heterocycles. The maximum Gasteiger partial charge on any atom is 0.134 e. The van der Waals surface area contributed by atoms with Crippen molar-refractivity contribution in [3.63, 3.8) is 0 Å². The van der Waals surface area contributed by atoms with Crippen LogP contribution in [0.25, 0.3) is 0 Å². The first-order chi connectivity index (χ1) is 9.65. The van der Waals surface area contributed by atoms with Crippen LogP contribution in [0.2, 0.25) is 0 Å². The number of nitrogens with zero attached hydrogens (tertiary/aromatic N) is 2. The van der Waals surface area contributed by atoms with Crippen molar-refractivity contribution in [1.29, 1.82) is 0 Å². The molecule has 0 aliphatic rings. The Bertz CT molecular complexity index is 412. The van der Waals surface area contributed by atoms with E-state index in [9.17, 15) is 0 Å². The molecule has 2 N–H and O–H groups in total. The standard InChI is InChI=1S/C14H26N4O2/c1-6-7-12-17-13(15-3)10(2)14(18-12)16-8-11(20-5)9-19-4/h11H,6-9H2,1-5H3,(H2,15,16,17,18). The topological polar surface area (TPSA) is 68.3 Å². The highest BCUT2D eigenvalue weighted by molar-refractivity contribution is 5.57. The van der Waals surface area contributed by atoms with E-state index in [0.29, 0.717) is 13.2 Å². The molecule has 114 valence electrons. The molecular formula is C14H26N4O2. The lowest BCUT2D eigenvalue weighted by atomic mass is 10.2. The van der Waals surface area contributed by atoms with Crippen LogP contribution in [-0.4, -0.2) is 50.5 Å². The average molecular weight is 282 g/mol. The third kappa shape index (κ3) is 4.61. The minimum Gasteiger partial charge on any atom is -0.382 e. The lowest BCUT2D eigenvalue weighted by molar-refractivity contribution is 0.0365. The van der Waals surface area contributed by atoms with Crippen molar-refractivity contribution in [3.05, 3.63) is 11.4 Å². The highest BCUT2D eigenvalue weighted by Gasteiger charge is 2.12. The van der Waals surface area contributed by atoms with E-state index in [1.807, 2.05) is 14.0 Å². The van der Waals surface area contributed by atoms with Crippen LogP contribution in [0.3, 0.4) is 0 Å². The van der Waals surface area contributed by atoms with Crippen LogP contribution in [0.5, 0.6) is 0 Å². The van der Waals surface area contributed by atoms with E-state index in [4.69, 9.17) is 9.47 Å². The van der Waals surface area contributed by atoms with Crippen molar-refractivity contribution < 1.29 is 9.47 Å². The number of aryl methyl sites for hydroxylation is 1. The molecule has 1 atom stereocenters. The van der Waals surface area contributed by atoms with Gasteiger partial charge < -0.3 is 20.1 Å². The van der Waals surface area contributed by atoms with Gasteiger partial charge in [0.15, 0.2) is 0 Å². The Labute approximate surface area is 121 Å². The molecule has 0 saturated heterocycles. The van der Waals surface area contributed by atoms with Crippen molar-refractivity contribution in [2.24, 2.45) is 0 Å². The number of hydrogen-bond acceptors (Lipinski definition) is 6. The van der Waals surface area contributed by atoms with Gasteiger partial charge in [0.1, 0.15) is 17.5 Å². The zero-order valence-corrected chi connectivity index (χ0v) is 13.1. The molecule has 0 aliphatic heterocycles. The van der Waals surface area contributed by atoms with E-state index < -0.39 is 0 Å². The molecule has 20 heavy (non-hydrogen) atoms. The summed E-state index contributed by atoms with van der Waals surface area (Å²) < 4.78 is 10.5. The maximum absolute atomic E-state index is 5.34. The van der Waals surface area contributed by atoms with Crippen LogP contribution < -0.4 is 10.6 Å². The van der Waals surface area contributed by atoms with Gasteiger partial charge in [-0.05, 0) is 13.3 Å². The molecule has 0 aliphatic carbocycles. The van der Waals surface area contributed by atoms with Gasteiger partial charge in [0.05, 0.1) is 12.7 Å². The molecule has 1 aromatic rings. The third-order valence-electron chi connectivity index (χ3n) is 3.09. The predicted octanol–water partition coefficient (Wildman–Crippen LogP) is 1.85. The van der Waals surface area contributed by atoms with Gasteiger partial charge in [-0.25, -0.2) is 9.97 Å². The van der Waals surface area contributed by atoms with Crippen LogP contribution in [0.1, 0.15) is 24.7 Å². The Balaban J connectivity index is 2.84. The number of ether oxygens (including phenoxy) is 2. The van der Waals surface area contributed by atoms with E-state index in [2.05, 4.69) is 27.5 Å². The Kier molecular flexibility index (Phi) is 7.25. The normalized spacial score (nSPS) is 12.2. The van der Waals surface area contributed by atoms with Crippen LogP contribution >= 0.6 is 0 Å². The summed E-state index contributed by atoms with van der Waals surface area (Å²) in [7, 11) is 5.22. The summed E-state index contributed by atoms with van der Waals surface area (Å²) >= 11 is 0. The Hall–Kier alpha value is -1.40. The fourth-order valence-corrected chi connectivity index (χ4v) is 1.92. The molecule has 0 fully saturated rings. The van der Waals surface area contributed by atoms with E-state index in [-0.39, 0.29) is 6.10 Å². The van der Waals surface area contributed by atoms with E-state index in [1.54, 1.807) is 14.2 Å². The lowest BCUT2D eigenvalue weighted by Gasteiger charge is -2.18. The van der Waals surface area contributed by atoms with Gasteiger partial charge in [0.25, 0.3) is 0 Å². The highest BCUT2D eigenvalue weighted by atomic mass is 16.5. The third-order valence-corrected chi connectivity index (χ3v) is 3.09. The molecule has 1 rings (SSSR count). The summed E-state index contributed by atoms with van der Waals surface area (Å²) in [5, 5.41) is 6.44. The minimum absolute atomic E-state index is 0.00188. The number of aromatic nitrogens is 2. The second-order valence-electron chi connectivity index (χ2n) is 4.66. The average Bonchev–Trinajstić information content (AvgIpc) is 2.46. The first kappa shape index (κ1) is 16.7. The fraction of sp³-hybridized carbons (Fsp3) is 0.714. The van der Waals surface area contributed by atoms with E-state index in [0.717, 1.165) is 35.9 Å². The minimum atomic E-state index is 0.00188. The Morgan fingerprint density at radius 2 is 1.90 bits per heavy atom. The summed E-state index contributed by atoms with van der Waals surface area (Å²) in [4.78, 5) is 9.09. The summed E-state index contributed by atoms with van der Waals surface area (Å²) in [5.41, 5.74) is 1.01. The zero-order chi connectivity index (χ0) is 15.0. The summed E-state index contributed by atoms with van der Waals surface area (Å²) in [6, 6.07) is 0. The van der Waals surface area contributed by atoms with Gasteiger partial charge in [-0.1, -0.05) is 6.92 Å². The van der Waals surface area contributed by atoms with E-state index >= 15 is 0 Å². The van der Waals surface area contributed by atoms with Crippen molar-refractivity contribution >= 4 is 11.6 Å². The molecule has 0 aromatic carbocycles. The second kappa shape index (κ2) is 8.71. The summed E-state index contributed by atoms with van der Waals surface area (Å²) in [6.07, 6.45) is 1.90. The molecule has 1 heterocycles. The van der Waals surface area contributed by atoms with Gasteiger partial charge in [0.2, 0.25) is 0 Å². The highest BCUT2D eigenvalue weighted by Crippen LogP contribution is 2.20. The summed E-state index contributed by atoms with van der Waals surface area (Å²) in [6.45, 7) is 5.32. The van der Waals surface area contributed by atoms with E-state index in [1.165, 1.54) is 0 Å². The second-order valence-corrected chi connectivity index (χ2v) is 4.66. The van der Waals surface area contributed by atoms with Crippen molar-refractivity contribution in [1.82, 2.24) is 9.97 Å². The lowest BCUT2D eigenvalue weighted by Crippen LogP contribution is -2.27. The number of hydrogen-bond donors (Lipinski definition) is 2. The Morgan fingerprint density at radius 3 is 2.45 bits per heavy atom. The van der Waals surface area contributed by atoms with Crippen molar-refractivity contribution in [3.8, 4) is 0 Å². The largest absolute Gasteiger partial charge is 0.382 e. The maximum atomic E-state index is 5.34. The number of rotatable bonds is 9. The molecular weight excluding hydrogens is 256 g/mol. The first-order valence-electron chi connectivity index (χ1n) is 6.97. The molecule has 0 bridgehead atoms. The summed E-state index contributed by atoms with van der Waals surface area (Å²) in [5.74, 6) is 2.57.